The minimum absolute atomic E-state index is 0.0950. The van der Waals surface area contributed by atoms with E-state index in [-0.39, 0.29) is 25.0 Å². The fourth-order valence-corrected chi connectivity index (χ4v) is 6.99. The van der Waals surface area contributed by atoms with Crippen LogP contribution in [0, 0.1) is 19.3 Å². The van der Waals surface area contributed by atoms with Gasteiger partial charge in [0, 0.05) is 59.9 Å². The van der Waals surface area contributed by atoms with Crippen LogP contribution in [0.5, 0.6) is 0 Å². The summed E-state index contributed by atoms with van der Waals surface area (Å²) in [6.07, 6.45) is 8.35. The van der Waals surface area contributed by atoms with Crippen molar-refractivity contribution in [2.45, 2.75) is 46.6 Å². The molecule has 0 radical (unpaired) electrons. The number of esters is 1. The number of hydrogen-bond acceptors (Lipinski definition) is 9. The van der Waals surface area contributed by atoms with Gasteiger partial charge in [0.2, 0.25) is 5.89 Å². The van der Waals surface area contributed by atoms with E-state index in [4.69, 9.17) is 14.1 Å². The molecule has 5 heterocycles. The zero-order chi connectivity index (χ0) is 35.0. The number of nitrogens with zero attached hydrogens (tertiary/aromatic N) is 8. The van der Waals surface area contributed by atoms with Crippen molar-refractivity contribution in [1.82, 2.24) is 39.6 Å². The second-order valence-electron chi connectivity index (χ2n) is 12.9. The topological polar surface area (TPSA) is 134 Å². The predicted octanol–water partition coefficient (Wildman–Crippen LogP) is 6.34. The zero-order valence-electron chi connectivity index (χ0n) is 28.4. The number of ether oxygens (including phenoxy) is 1. The number of fused-ring (bicyclic) bond motifs is 1. The molecule has 12 nitrogen and oxygen atoms in total. The van der Waals surface area contributed by atoms with E-state index in [1.807, 2.05) is 80.7 Å². The second kappa shape index (κ2) is 13.6. The normalized spacial score (nSPS) is 14.3. The fraction of sp³-hybridized carbons (Fsp3) is 0.324. The van der Waals surface area contributed by atoms with E-state index in [2.05, 4.69) is 36.3 Å². The number of piperidine rings is 1. The van der Waals surface area contributed by atoms with Crippen molar-refractivity contribution in [2.24, 2.45) is 12.5 Å². The molecule has 0 aliphatic carbocycles. The number of carbonyl (C=O) groups is 2. The molecular weight excluding hydrogens is 700 g/mol. The Hall–Kier alpha value is -5.17. The Balaban J connectivity index is 1.10. The van der Waals surface area contributed by atoms with Crippen molar-refractivity contribution in [3.63, 3.8) is 0 Å². The molecule has 6 aromatic rings. The van der Waals surface area contributed by atoms with Gasteiger partial charge in [-0.25, -0.2) is 14.6 Å². The summed E-state index contributed by atoms with van der Waals surface area (Å²) < 4.78 is 15.9. The number of hydrogen-bond donors (Lipinski definition) is 0. The fourth-order valence-electron chi connectivity index (χ4n) is 6.59. The average molecular weight is 738 g/mol. The van der Waals surface area contributed by atoms with E-state index in [1.165, 1.54) is 0 Å². The third kappa shape index (κ3) is 6.57. The number of pyridine rings is 1. The van der Waals surface area contributed by atoms with Gasteiger partial charge < -0.3 is 14.1 Å². The lowest BCUT2D eigenvalue weighted by Gasteiger charge is -2.39. The van der Waals surface area contributed by atoms with Crippen molar-refractivity contribution in [3.05, 3.63) is 100.0 Å². The highest BCUT2D eigenvalue weighted by molar-refractivity contribution is 9.10. The van der Waals surface area contributed by atoms with Gasteiger partial charge >= 0.3 is 5.97 Å². The maximum atomic E-state index is 14.3. The summed E-state index contributed by atoms with van der Waals surface area (Å²) in [7, 11) is 1.85. The van der Waals surface area contributed by atoms with Crippen LogP contribution in [0.25, 0.3) is 33.5 Å². The highest BCUT2D eigenvalue weighted by Gasteiger charge is 2.44. The lowest BCUT2D eigenvalue weighted by atomic mass is 9.74. The number of rotatable bonds is 9. The summed E-state index contributed by atoms with van der Waals surface area (Å²) in [5, 5.41) is 13.8. The quantitative estimate of drug-likeness (QED) is 0.156. The average Bonchev–Trinajstić information content (AvgIpc) is 3.88. The molecule has 0 unspecified atom stereocenters. The number of halogens is 1. The standard InChI is InChI=1S/C37H37BrN8O4/c1-5-49-36(48)37(17-28-21-46(43-42-28)22-33-39-19-32(50-33)25-7-6-8-27(38)15-25)11-13-45(14-12-37)35(47)30-16-31(26-18-40-44(4)20-26)41-34-24(3)23(2)9-10-29(30)34/h6-10,15-16,18-21H,5,11-14,17,22H2,1-4H3. The Labute approximate surface area is 297 Å². The van der Waals surface area contributed by atoms with Crippen LogP contribution >= 0.6 is 15.9 Å². The molecule has 2 aromatic carbocycles. The Morgan fingerprint density at radius 3 is 2.60 bits per heavy atom. The molecule has 0 spiro atoms. The van der Waals surface area contributed by atoms with E-state index in [0.717, 1.165) is 37.6 Å². The molecular formula is C37H37BrN8O4. The summed E-state index contributed by atoms with van der Waals surface area (Å²) in [5.41, 5.74) is 5.76. The minimum Gasteiger partial charge on any atom is -0.466 e. The molecule has 0 bridgehead atoms. The Kier molecular flexibility index (Phi) is 9.08. The van der Waals surface area contributed by atoms with Gasteiger partial charge in [-0.05, 0) is 62.9 Å². The summed E-state index contributed by atoms with van der Waals surface area (Å²) in [4.78, 5) is 39.0. The number of carbonyl (C=O) groups excluding carboxylic acids is 2. The zero-order valence-corrected chi connectivity index (χ0v) is 30.0. The molecule has 13 heteroatoms. The van der Waals surface area contributed by atoms with Gasteiger partial charge in [0.25, 0.3) is 5.91 Å². The van der Waals surface area contributed by atoms with Crippen molar-refractivity contribution in [3.8, 4) is 22.6 Å². The molecule has 0 atom stereocenters. The molecule has 0 saturated carbocycles. The van der Waals surface area contributed by atoms with E-state index in [9.17, 15) is 9.59 Å². The molecule has 7 rings (SSSR count). The van der Waals surface area contributed by atoms with Crippen LogP contribution in [0.3, 0.4) is 0 Å². The van der Waals surface area contributed by atoms with E-state index >= 15 is 0 Å². The highest BCUT2D eigenvalue weighted by Crippen LogP contribution is 2.38. The molecule has 1 saturated heterocycles. The maximum absolute atomic E-state index is 14.3. The number of amides is 1. The molecule has 1 aliphatic heterocycles. The van der Waals surface area contributed by atoms with Gasteiger partial charge in [-0.15, -0.1) is 5.10 Å². The number of oxazole rings is 1. The first kappa shape index (κ1) is 33.3. The number of likely N-dealkylation sites (tertiary alicyclic amines) is 1. The largest absolute Gasteiger partial charge is 0.466 e. The Morgan fingerprint density at radius 2 is 1.86 bits per heavy atom. The minimum atomic E-state index is -0.848. The third-order valence-electron chi connectivity index (χ3n) is 9.52. The predicted molar refractivity (Wildman–Crippen MR) is 190 cm³/mol. The first-order chi connectivity index (χ1) is 24.1. The third-order valence-corrected chi connectivity index (χ3v) is 10.0. The molecule has 1 fully saturated rings. The monoisotopic (exact) mass is 736 g/mol. The van der Waals surface area contributed by atoms with E-state index in [1.54, 1.807) is 28.7 Å². The second-order valence-corrected chi connectivity index (χ2v) is 13.8. The summed E-state index contributed by atoms with van der Waals surface area (Å²) in [6, 6.07) is 13.7. The number of benzene rings is 2. The molecule has 4 aromatic heterocycles. The SMILES string of the molecule is CCOC(=O)C1(Cc2cn(Cc3ncc(-c4cccc(Br)c4)o3)nn2)CCN(C(=O)c2cc(-c3cnn(C)c3)nc3c(C)c(C)ccc23)CC1. The van der Waals surface area contributed by atoms with Gasteiger partial charge in [0.05, 0.1) is 46.9 Å². The smallest absolute Gasteiger partial charge is 0.312 e. The Bertz CT molecular complexity index is 2210. The molecule has 256 valence electrons. The molecule has 50 heavy (non-hydrogen) atoms. The lowest BCUT2D eigenvalue weighted by molar-refractivity contribution is -0.158. The molecule has 1 aliphatic rings. The van der Waals surface area contributed by atoms with Crippen LogP contribution in [0.1, 0.15) is 52.8 Å². The van der Waals surface area contributed by atoms with Crippen molar-refractivity contribution in [1.29, 1.82) is 0 Å². The lowest BCUT2D eigenvalue weighted by Crippen LogP contribution is -2.48. The van der Waals surface area contributed by atoms with Crippen molar-refractivity contribution >= 4 is 38.7 Å². The van der Waals surface area contributed by atoms with Crippen LogP contribution in [-0.2, 0) is 29.5 Å². The summed E-state index contributed by atoms with van der Waals surface area (Å²) in [5.74, 6) is 0.765. The van der Waals surface area contributed by atoms with Gasteiger partial charge in [-0.3, -0.25) is 14.3 Å². The van der Waals surface area contributed by atoms with Crippen molar-refractivity contribution in [2.75, 3.05) is 19.7 Å². The van der Waals surface area contributed by atoms with Gasteiger partial charge in [-0.1, -0.05) is 45.4 Å². The van der Waals surface area contributed by atoms with Crippen LogP contribution in [0.4, 0.5) is 0 Å². The number of aryl methyl sites for hydroxylation is 3. The van der Waals surface area contributed by atoms with Gasteiger partial charge in [0.15, 0.2) is 5.76 Å². The van der Waals surface area contributed by atoms with Crippen LogP contribution in [0.15, 0.2) is 76.1 Å². The van der Waals surface area contributed by atoms with Gasteiger partial charge in [-0.2, -0.15) is 5.10 Å². The van der Waals surface area contributed by atoms with E-state index < -0.39 is 5.41 Å². The first-order valence-corrected chi connectivity index (χ1v) is 17.4. The Morgan fingerprint density at radius 1 is 1.04 bits per heavy atom. The highest BCUT2D eigenvalue weighted by atomic mass is 79.9. The summed E-state index contributed by atoms with van der Waals surface area (Å²) >= 11 is 3.49. The maximum Gasteiger partial charge on any atom is 0.312 e. The van der Waals surface area contributed by atoms with E-state index in [0.29, 0.717) is 61.0 Å². The summed E-state index contributed by atoms with van der Waals surface area (Å²) in [6.45, 7) is 7.20. The van der Waals surface area contributed by atoms with Gasteiger partial charge in [0.1, 0.15) is 6.54 Å². The molecule has 1 amide bonds. The van der Waals surface area contributed by atoms with Crippen LogP contribution < -0.4 is 0 Å². The number of aromatic nitrogens is 7. The molecule has 0 N–H and O–H groups in total. The van der Waals surface area contributed by atoms with Crippen molar-refractivity contribution < 1.29 is 18.7 Å². The van der Waals surface area contributed by atoms with Crippen LogP contribution in [0.2, 0.25) is 0 Å². The van der Waals surface area contributed by atoms with Crippen LogP contribution in [-0.4, -0.2) is 71.2 Å². The first-order valence-electron chi connectivity index (χ1n) is 16.6.